The van der Waals surface area contributed by atoms with E-state index < -0.39 is 0 Å². The second-order valence-corrected chi connectivity index (χ2v) is 4.25. The Balaban J connectivity index is 2.17. The first-order valence-electron chi connectivity index (χ1n) is 4.72. The van der Waals surface area contributed by atoms with Gasteiger partial charge < -0.3 is 9.64 Å². The van der Waals surface area contributed by atoms with E-state index in [4.69, 9.17) is 4.74 Å². The van der Waals surface area contributed by atoms with Crippen molar-refractivity contribution in [1.29, 1.82) is 0 Å². The Morgan fingerprint density at radius 1 is 1.57 bits per heavy atom. The number of hydrogen-bond acceptors (Lipinski definition) is 3. The monoisotopic (exact) mass is 256 g/mol. The zero-order valence-electron chi connectivity index (χ0n) is 8.06. The van der Waals surface area contributed by atoms with Crippen LogP contribution in [0.2, 0.25) is 0 Å². The van der Waals surface area contributed by atoms with E-state index in [1.807, 2.05) is 24.4 Å². The van der Waals surface area contributed by atoms with Crippen LogP contribution in [0.5, 0.6) is 0 Å². The molecule has 2 atom stereocenters. The van der Waals surface area contributed by atoms with E-state index in [1.54, 1.807) is 0 Å². The number of rotatable bonds is 1. The average molecular weight is 257 g/mol. The third-order valence-electron chi connectivity index (χ3n) is 2.42. The lowest BCUT2D eigenvalue weighted by atomic mass is 10.2. The largest absolute Gasteiger partial charge is 0.363 e. The number of alkyl halides is 1. The minimum absolute atomic E-state index is 0.0956. The molecule has 1 aliphatic rings. The normalized spacial score (nSPS) is 27.7. The summed E-state index contributed by atoms with van der Waals surface area (Å²) in [6.07, 6.45) is 1.82. The summed E-state index contributed by atoms with van der Waals surface area (Å²) in [5.74, 6) is 1.02. The van der Waals surface area contributed by atoms with Crippen LogP contribution in [0.3, 0.4) is 0 Å². The minimum atomic E-state index is 0.0956. The zero-order chi connectivity index (χ0) is 9.97. The first kappa shape index (κ1) is 9.93. The smallest absolute Gasteiger partial charge is 0.132 e. The van der Waals surface area contributed by atoms with Crippen LogP contribution in [-0.2, 0) is 4.74 Å². The van der Waals surface area contributed by atoms with Crippen molar-refractivity contribution in [2.75, 3.05) is 18.1 Å². The fourth-order valence-electron chi connectivity index (χ4n) is 1.59. The van der Waals surface area contributed by atoms with Crippen molar-refractivity contribution in [1.82, 2.24) is 4.98 Å². The highest BCUT2D eigenvalue weighted by Crippen LogP contribution is 2.23. The van der Waals surface area contributed by atoms with Crippen molar-refractivity contribution in [3.8, 4) is 0 Å². The molecule has 0 saturated carbocycles. The highest BCUT2D eigenvalue weighted by atomic mass is 79.9. The summed E-state index contributed by atoms with van der Waals surface area (Å²) < 4.78 is 5.49. The van der Waals surface area contributed by atoms with E-state index in [9.17, 15) is 0 Å². The average Bonchev–Trinajstić information content (AvgIpc) is 2.23. The molecule has 1 aromatic rings. The summed E-state index contributed by atoms with van der Waals surface area (Å²) >= 11 is 3.50. The Labute approximate surface area is 92.2 Å². The van der Waals surface area contributed by atoms with Crippen LogP contribution in [0.4, 0.5) is 5.82 Å². The molecule has 1 aliphatic heterocycles. The SMILES string of the molecule is CC1C(Br)OCCN1c1ccccn1. The summed E-state index contributed by atoms with van der Waals surface area (Å²) in [6.45, 7) is 3.78. The van der Waals surface area contributed by atoms with Gasteiger partial charge in [0.1, 0.15) is 10.8 Å². The third kappa shape index (κ3) is 1.91. The number of ether oxygens (including phenoxy) is 1. The topological polar surface area (TPSA) is 25.4 Å². The summed E-state index contributed by atoms with van der Waals surface area (Å²) in [6, 6.07) is 6.29. The van der Waals surface area contributed by atoms with Crippen molar-refractivity contribution in [3.63, 3.8) is 0 Å². The first-order chi connectivity index (χ1) is 6.79. The molecule has 1 fully saturated rings. The van der Waals surface area contributed by atoms with Gasteiger partial charge in [0.05, 0.1) is 12.6 Å². The van der Waals surface area contributed by atoms with Crippen LogP contribution in [0.1, 0.15) is 6.92 Å². The van der Waals surface area contributed by atoms with Crippen LogP contribution < -0.4 is 4.90 Å². The highest BCUT2D eigenvalue weighted by Gasteiger charge is 2.27. The number of anilines is 1. The van der Waals surface area contributed by atoms with Crippen LogP contribution in [0, 0.1) is 0 Å². The second-order valence-electron chi connectivity index (χ2n) is 3.34. The van der Waals surface area contributed by atoms with Crippen LogP contribution >= 0.6 is 15.9 Å². The van der Waals surface area contributed by atoms with E-state index >= 15 is 0 Å². The molecule has 2 rings (SSSR count). The molecule has 0 bridgehead atoms. The van der Waals surface area contributed by atoms with Crippen molar-refractivity contribution < 1.29 is 4.74 Å². The van der Waals surface area contributed by atoms with Gasteiger partial charge in [-0.1, -0.05) is 22.0 Å². The van der Waals surface area contributed by atoms with Crippen LogP contribution in [0.15, 0.2) is 24.4 Å². The van der Waals surface area contributed by atoms with E-state index in [-0.39, 0.29) is 5.01 Å². The Hall–Kier alpha value is -0.610. The molecule has 14 heavy (non-hydrogen) atoms. The molecule has 0 amide bonds. The van der Waals surface area contributed by atoms with Gasteiger partial charge in [-0.15, -0.1) is 0 Å². The molecule has 0 aromatic carbocycles. The molecular formula is C10H13BrN2O. The Morgan fingerprint density at radius 3 is 3.14 bits per heavy atom. The highest BCUT2D eigenvalue weighted by molar-refractivity contribution is 9.09. The van der Waals surface area contributed by atoms with Crippen LogP contribution in [-0.4, -0.2) is 29.2 Å². The predicted molar refractivity (Wildman–Crippen MR) is 59.7 cm³/mol. The molecule has 2 unspecified atom stereocenters. The van der Waals surface area contributed by atoms with E-state index in [1.165, 1.54) is 0 Å². The molecule has 0 spiro atoms. The number of halogens is 1. The van der Waals surface area contributed by atoms with Gasteiger partial charge in [0, 0.05) is 12.7 Å². The Morgan fingerprint density at radius 2 is 2.43 bits per heavy atom. The van der Waals surface area contributed by atoms with Gasteiger partial charge in [-0.3, -0.25) is 0 Å². The van der Waals surface area contributed by atoms with Gasteiger partial charge in [0.2, 0.25) is 0 Å². The quantitative estimate of drug-likeness (QED) is 0.720. The van der Waals surface area contributed by atoms with Crippen molar-refractivity contribution in [3.05, 3.63) is 24.4 Å². The van der Waals surface area contributed by atoms with Gasteiger partial charge in [0.25, 0.3) is 0 Å². The van der Waals surface area contributed by atoms with E-state index in [0.717, 1.165) is 19.0 Å². The molecule has 1 aromatic heterocycles. The third-order valence-corrected chi connectivity index (χ3v) is 3.45. The fraction of sp³-hybridized carbons (Fsp3) is 0.500. The molecular weight excluding hydrogens is 244 g/mol. The Kier molecular flexibility index (Phi) is 3.03. The summed E-state index contributed by atoms with van der Waals surface area (Å²) in [7, 11) is 0. The number of hydrogen-bond donors (Lipinski definition) is 0. The lowest BCUT2D eigenvalue weighted by Gasteiger charge is -2.37. The van der Waals surface area contributed by atoms with Crippen molar-refractivity contribution >= 4 is 21.7 Å². The number of nitrogens with zero attached hydrogens (tertiary/aromatic N) is 2. The molecule has 0 radical (unpaired) electrons. The van der Waals surface area contributed by atoms with Gasteiger partial charge in [-0.25, -0.2) is 4.98 Å². The summed E-state index contributed by atoms with van der Waals surface area (Å²) in [5, 5.41) is 0.0956. The lowest BCUT2D eigenvalue weighted by molar-refractivity contribution is 0.0783. The second kappa shape index (κ2) is 4.28. The fourth-order valence-corrected chi connectivity index (χ4v) is 2.07. The van der Waals surface area contributed by atoms with Gasteiger partial charge in [0.15, 0.2) is 0 Å². The maximum absolute atomic E-state index is 5.49. The summed E-state index contributed by atoms with van der Waals surface area (Å²) in [4.78, 5) is 6.59. The molecule has 76 valence electrons. The predicted octanol–water partition coefficient (Wildman–Crippen LogP) is 2.03. The number of aromatic nitrogens is 1. The lowest BCUT2D eigenvalue weighted by Crippen LogP contribution is -2.47. The molecule has 0 aliphatic carbocycles. The van der Waals surface area contributed by atoms with Gasteiger partial charge in [-0.2, -0.15) is 0 Å². The number of morpholine rings is 1. The maximum atomic E-state index is 5.49. The maximum Gasteiger partial charge on any atom is 0.132 e. The van der Waals surface area contributed by atoms with Crippen LogP contribution in [0.25, 0.3) is 0 Å². The molecule has 2 heterocycles. The van der Waals surface area contributed by atoms with Crippen molar-refractivity contribution in [2.45, 2.75) is 18.0 Å². The first-order valence-corrected chi connectivity index (χ1v) is 5.64. The number of pyridine rings is 1. The summed E-state index contributed by atoms with van der Waals surface area (Å²) in [5.41, 5.74) is 0. The van der Waals surface area contributed by atoms with E-state index in [0.29, 0.717) is 6.04 Å². The molecule has 3 nitrogen and oxygen atoms in total. The van der Waals surface area contributed by atoms with Crippen molar-refractivity contribution in [2.24, 2.45) is 0 Å². The Bertz CT molecular complexity index is 293. The molecule has 1 saturated heterocycles. The van der Waals surface area contributed by atoms with Gasteiger partial charge >= 0.3 is 0 Å². The van der Waals surface area contributed by atoms with Gasteiger partial charge in [-0.05, 0) is 19.1 Å². The zero-order valence-corrected chi connectivity index (χ0v) is 9.64. The molecule has 0 N–H and O–H groups in total. The minimum Gasteiger partial charge on any atom is -0.363 e. The molecule has 4 heteroatoms. The standard InChI is InChI=1S/C10H13BrN2O/c1-8-10(11)14-7-6-13(8)9-4-2-3-5-12-9/h2-5,8,10H,6-7H2,1H3. The van der Waals surface area contributed by atoms with E-state index in [2.05, 4.69) is 32.7 Å².